The van der Waals surface area contributed by atoms with Gasteiger partial charge in [0.2, 0.25) is 0 Å². The fourth-order valence-electron chi connectivity index (χ4n) is 3.40. The Morgan fingerprint density at radius 2 is 2.32 bits per heavy atom. The monoisotopic (exact) mass is 314 g/mol. The molecule has 5 heterocycles. The third kappa shape index (κ3) is 1.77. The van der Waals surface area contributed by atoms with E-state index in [4.69, 9.17) is 4.74 Å². The second kappa shape index (κ2) is 4.72. The maximum Gasteiger partial charge on any atom is 0.140 e. The quantitative estimate of drug-likeness (QED) is 0.680. The molecule has 0 N–H and O–H groups in total. The number of anilines is 1. The highest BCUT2D eigenvalue weighted by Gasteiger charge is 2.37. The number of hydrogen-bond acceptors (Lipinski definition) is 7. The zero-order chi connectivity index (χ0) is 14.5. The highest BCUT2D eigenvalue weighted by atomic mass is 32.1. The molecule has 7 nitrogen and oxygen atoms in total. The smallest absolute Gasteiger partial charge is 0.140 e. The van der Waals surface area contributed by atoms with Gasteiger partial charge in [0.1, 0.15) is 17.0 Å². The van der Waals surface area contributed by atoms with Gasteiger partial charge in [-0.15, -0.1) is 16.4 Å². The number of fused-ring (bicyclic) bond motifs is 4. The third-order valence-electron chi connectivity index (χ3n) is 4.47. The van der Waals surface area contributed by atoms with Gasteiger partial charge in [-0.05, 0) is 17.9 Å². The topological polar surface area (TPSA) is 69.0 Å². The maximum absolute atomic E-state index is 5.97. The van der Waals surface area contributed by atoms with Gasteiger partial charge in [-0.3, -0.25) is 0 Å². The lowest BCUT2D eigenvalue weighted by molar-refractivity contribution is -0.0373. The first-order valence-electron chi connectivity index (χ1n) is 7.34. The fourth-order valence-corrected chi connectivity index (χ4v) is 4.13. The van der Waals surface area contributed by atoms with Crippen LogP contribution in [0.4, 0.5) is 5.82 Å². The summed E-state index contributed by atoms with van der Waals surface area (Å²) in [5.74, 6) is 1.01. The fraction of sp³-hybridized carbons (Fsp3) is 0.429. The Balaban J connectivity index is 1.53. The lowest BCUT2D eigenvalue weighted by Crippen LogP contribution is -2.48. The zero-order valence-corrected chi connectivity index (χ0v) is 12.6. The Morgan fingerprint density at radius 3 is 3.32 bits per heavy atom. The first-order valence-corrected chi connectivity index (χ1v) is 8.22. The molecule has 0 spiro atoms. The Morgan fingerprint density at radius 1 is 1.32 bits per heavy atom. The van der Waals surface area contributed by atoms with Crippen LogP contribution in [0.15, 0.2) is 24.0 Å². The standard InChI is InChI=1S/C14H14N6OS/c1-3-19(13-10-2-4-22-14(10)16-8-15-13)6-11-12(1)21-7-9-5-17-18-20(9)11/h2,4-5,8,11-12H,1,3,6-7H2/t11-,12-/m1/s1. The summed E-state index contributed by atoms with van der Waals surface area (Å²) in [6, 6.07) is 2.29. The number of hydrogen-bond donors (Lipinski definition) is 0. The predicted octanol–water partition coefficient (Wildman–Crippen LogP) is 1.63. The maximum atomic E-state index is 5.97. The number of piperidine rings is 1. The second-order valence-electron chi connectivity index (χ2n) is 5.66. The molecule has 0 radical (unpaired) electrons. The molecule has 22 heavy (non-hydrogen) atoms. The lowest BCUT2D eigenvalue weighted by atomic mass is 10.0. The molecule has 2 aliphatic rings. The lowest BCUT2D eigenvalue weighted by Gasteiger charge is -2.41. The van der Waals surface area contributed by atoms with Crippen molar-refractivity contribution in [2.24, 2.45) is 0 Å². The minimum Gasteiger partial charge on any atom is -0.370 e. The van der Waals surface area contributed by atoms with Gasteiger partial charge in [0.05, 0.1) is 36.0 Å². The molecular weight excluding hydrogens is 300 g/mol. The summed E-state index contributed by atoms with van der Waals surface area (Å²) < 4.78 is 7.99. The van der Waals surface area contributed by atoms with Gasteiger partial charge in [0, 0.05) is 13.1 Å². The Labute approximate surface area is 130 Å². The molecule has 2 aliphatic heterocycles. The molecule has 0 amide bonds. The molecule has 0 bridgehead atoms. The van der Waals surface area contributed by atoms with Crippen LogP contribution in [0, 0.1) is 0 Å². The van der Waals surface area contributed by atoms with E-state index in [9.17, 15) is 0 Å². The molecule has 0 unspecified atom stereocenters. The van der Waals surface area contributed by atoms with E-state index in [0.717, 1.165) is 41.2 Å². The van der Waals surface area contributed by atoms with Crippen molar-refractivity contribution in [1.29, 1.82) is 0 Å². The summed E-state index contributed by atoms with van der Waals surface area (Å²) in [5, 5.41) is 11.5. The predicted molar refractivity (Wildman–Crippen MR) is 81.9 cm³/mol. The Bertz CT molecular complexity index is 829. The van der Waals surface area contributed by atoms with Gasteiger partial charge in [0.25, 0.3) is 0 Å². The molecule has 3 aromatic rings. The summed E-state index contributed by atoms with van der Waals surface area (Å²) in [4.78, 5) is 12.2. The summed E-state index contributed by atoms with van der Waals surface area (Å²) in [7, 11) is 0. The molecule has 1 saturated heterocycles. The molecule has 2 atom stereocenters. The van der Waals surface area contributed by atoms with Gasteiger partial charge in [-0.2, -0.15) is 0 Å². The Kier molecular flexibility index (Phi) is 2.68. The number of nitrogens with zero attached hydrogens (tertiary/aromatic N) is 6. The summed E-state index contributed by atoms with van der Waals surface area (Å²) in [5.41, 5.74) is 1.05. The van der Waals surface area contributed by atoms with Crippen LogP contribution in [-0.4, -0.2) is 44.2 Å². The minimum absolute atomic E-state index is 0.198. The number of ether oxygens (including phenoxy) is 1. The zero-order valence-electron chi connectivity index (χ0n) is 11.8. The van der Waals surface area contributed by atoms with E-state index in [1.54, 1.807) is 23.9 Å². The first-order chi connectivity index (χ1) is 10.9. The number of aromatic nitrogens is 5. The van der Waals surface area contributed by atoms with Crippen molar-refractivity contribution in [3.05, 3.63) is 29.7 Å². The largest absolute Gasteiger partial charge is 0.370 e. The van der Waals surface area contributed by atoms with Crippen LogP contribution in [0.1, 0.15) is 18.2 Å². The van der Waals surface area contributed by atoms with Crippen LogP contribution in [0.5, 0.6) is 0 Å². The van der Waals surface area contributed by atoms with Crippen LogP contribution in [0.3, 0.4) is 0 Å². The number of thiophene rings is 1. The van der Waals surface area contributed by atoms with Gasteiger partial charge in [-0.25, -0.2) is 14.6 Å². The van der Waals surface area contributed by atoms with Gasteiger partial charge >= 0.3 is 0 Å². The van der Waals surface area contributed by atoms with Gasteiger partial charge in [-0.1, -0.05) is 5.21 Å². The van der Waals surface area contributed by atoms with Crippen LogP contribution in [0.2, 0.25) is 0 Å². The SMILES string of the molecule is c1nc(N2CC[C@H]3OCc4cnnn4[C@@H]3C2)c2ccsc2n1. The molecule has 3 aromatic heterocycles. The van der Waals surface area contributed by atoms with Crippen LogP contribution in [-0.2, 0) is 11.3 Å². The molecule has 0 aliphatic carbocycles. The van der Waals surface area contributed by atoms with Crippen LogP contribution in [0.25, 0.3) is 10.2 Å². The molecular formula is C14H14N6OS. The van der Waals surface area contributed by atoms with Gasteiger partial charge in [0.15, 0.2) is 0 Å². The van der Waals surface area contributed by atoms with E-state index in [0.29, 0.717) is 6.61 Å². The minimum atomic E-state index is 0.198. The molecule has 0 aromatic carbocycles. The van der Waals surface area contributed by atoms with Crippen molar-refractivity contribution in [2.45, 2.75) is 25.2 Å². The molecule has 5 rings (SSSR count). The van der Waals surface area contributed by atoms with Crippen LogP contribution < -0.4 is 4.90 Å². The Hall–Kier alpha value is -2.06. The van der Waals surface area contributed by atoms with Crippen molar-refractivity contribution >= 4 is 27.4 Å². The molecule has 0 saturated carbocycles. The first kappa shape index (κ1) is 12.5. The van der Waals surface area contributed by atoms with Gasteiger partial charge < -0.3 is 9.64 Å². The second-order valence-corrected chi connectivity index (χ2v) is 6.55. The van der Waals surface area contributed by atoms with Crippen LogP contribution >= 0.6 is 11.3 Å². The van der Waals surface area contributed by atoms with E-state index >= 15 is 0 Å². The van der Waals surface area contributed by atoms with E-state index in [1.165, 1.54) is 0 Å². The number of rotatable bonds is 1. The van der Waals surface area contributed by atoms with Crippen molar-refractivity contribution in [3.63, 3.8) is 0 Å². The van der Waals surface area contributed by atoms with Crippen molar-refractivity contribution in [1.82, 2.24) is 25.0 Å². The molecule has 112 valence electrons. The average Bonchev–Trinajstić information content (AvgIpc) is 3.22. The summed E-state index contributed by atoms with van der Waals surface area (Å²) in [6.45, 7) is 2.38. The van der Waals surface area contributed by atoms with E-state index < -0.39 is 0 Å². The van der Waals surface area contributed by atoms with Crippen molar-refractivity contribution in [2.75, 3.05) is 18.0 Å². The molecule has 1 fully saturated rings. The van der Waals surface area contributed by atoms with Crippen molar-refractivity contribution < 1.29 is 4.74 Å². The van der Waals surface area contributed by atoms with E-state index in [-0.39, 0.29) is 12.1 Å². The van der Waals surface area contributed by atoms with E-state index in [1.807, 2.05) is 4.68 Å². The summed E-state index contributed by atoms with van der Waals surface area (Å²) >= 11 is 1.65. The third-order valence-corrected chi connectivity index (χ3v) is 5.29. The normalized spacial score (nSPS) is 24.3. The highest BCUT2D eigenvalue weighted by Crippen LogP contribution is 2.34. The summed E-state index contributed by atoms with van der Waals surface area (Å²) in [6.07, 6.45) is 4.62. The molecule has 8 heteroatoms. The average molecular weight is 314 g/mol. The van der Waals surface area contributed by atoms with E-state index in [2.05, 4.69) is 36.6 Å². The van der Waals surface area contributed by atoms with Crippen molar-refractivity contribution in [3.8, 4) is 0 Å². The highest BCUT2D eigenvalue weighted by molar-refractivity contribution is 7.16.